The summed E-state index contributed by atoms with van der Waals surface area (Å²) in [6.07, 6.45) is 7.31. The number of para-hydroxylation sites is 1. The van der Waals surface area contributed by atoms with Gasteiger partial charge in [0.2, 0.25) is 0 Å². The van der Waals surface area contributed by atoms with E-state index in [0.717, 1.165) is 29.3 Å². The molecule has 1 unspecified atom stereocenters. The Morgan fingerprint density at radius 2 is 1.75 bits per heavy atom. The van der Waals surface area contributed by atoms with Crippen molar-refractivity contribution in [2.75, 3.05) is 0 Å². The largest absolute Gasteiger partial charge is 0.324 e. The number of aromatic nitrogens is 2. The molecule has 100 valence electrons. The summed E-state index contributed by atoms with van der Waals surface area (Å²) < 4.78 is 0. The molecular weight excluding hydrogens is 246 g/mol. The highest BCUT2D eigenvalue weighted by atomic mass is 14.7. The van der Waals surface area contributed by atoms with Gasteiger partial charge in [-0.2, -0.15) is 0 Å². The highest BCUT2D eigenvalue weighted by molar-refractivity contribution is 5.81. The minimum Gasteiger partial charge on any atom is -0.324 e. The minimum absolute atomic E-state index is 0.00163. The fourth-order valence-electron chi connectivity index (χ4n) is 2.45. The summed E-state index contributed by atoms with van der Waals surface area (Å²) in [6, 6.07) is 14.3. The third-order valence-corrected chi connectivity index (χ3v) is 3.56. The molecule has 1 atom stereocenters. The van der Waals surface area contributed by atoms with Crippen LogP contribution < -0.4 is 5.73 Å². The van der Waals surface area contributed by atoms with Crippen molar-refractivity contribution >= 4 is 10.9 Å². The van der Waals surface area contributed by atoms with Gasteiger partial charge in [0.05, 0.1) is 5.52 Å². The normalized spacial score (nSPS) is 12.4. The van der Waals surface area contributed by atoms with Gasteiger partial charge in [-0.25, -0.2) is 0 Å². The molecular formula is C17H17N3. The molecule has 3 rings (SSSR count). The van der Waals surface area contributed by atoms with Gasteiger partial charge in [0.15, 0.2) is 0 Å². The van der Waals surface area contributed by atoms with Crippen molar-refractivity contribution < 1.29 is 0 Å². The van der Waals surface area contributed by atoms with Crippen LogP contribution in [0.3, 0.4) is 0 Å². The zero-order chi connectivity index (χ0) is 13.8. The molecule has 3 aromatic rings. The molecule has 0 amide bonds. The smallest absolute Gasteiger partial charge is 0.0749 e. The van der Waals surface area contributed by atoms with Crippen LogP contribution in [0.5, 0.6) is 0 Å². The van der Waals surface area contributed by atoms with Gasteiger partial charge in [-0.1, -0.05) is 24.3 Å². The number of aryl methyl sites for hydroxylation is 1. The third kappa shape index (κ3) is 2.68. The van der Waals surface area contributed by atoms with E-state index in [1.807, 2.05) is 42.9 Å². The van der Waals surface area contributed by atoms with Crippen molar-refractivity contribution in [3.8, 4) is 0 Å². The first-order chi connectivity index (χ1) is 9.84. The van der Waals surface area contributed by atoms with Crippen molar-refractivity contribution in [2.45, 2.75) is 18.9 Å². The van der Waals surface area contributed by atoms with Gasteiger partial charge >= 0.3 is 0 Å². The lowest BCUT2D eigenvalue weighted by Gasteiger charge is -2.14. The Bertz CT molecular complexity index is 689. The lowest BCUT2D eigenvalue weighted by atomic mass is 9.98. The monoisotopic (exact) mass is 263 g/mol. The molecule has 2 N–H and O–H groups in total. The molecule has 2 heterocycles. The van der Waals surface area contributed by atoms with Crippen LogP contribution in [-0.4, -0.2) is 9.97 Å². The second kappa shape index (κ2) is 5.80. The molecule has 0 saturated carbocycles. The molecule has 0 bridgehead atoms. The molecule has 0 aliphatic carbocycles. The molecule has 0 radical (unpaired) electrons. The number of nitrogens with two attached hydrogens (primary N) is 1. The SMILES string of the molecule is NC(CCc1ccncc1)c1cccc2cccnc12. The van der Waals surface area contributed by atoms with Gasteiger partial charge in [-0.15, -0.1) is 0 Å². The number of hydrogen-bond acceptors (Lipinski definition) is 3. The molecule has 0 aliphatic rings. The third-order valence-electron chi connectivity index (χ3n) is 3.56. The molecule has 0 saturated heterocycles. The van der Waals surface area contributed by atoms with E-state index in [2.05, 4.69) is 28.2 Å². The van der Waals surface area contributed by atoms with Gasteiger partial charge in [0.25, 0.3) is 0 Å². The van der Waals surface area contributed by atoms with E-state index in [-0.39, 0.29) is 6.04 Å². The number of benzene rings is 1. The van der Waals surface area contributed by atoms with E-state index in [4.69, 9.17) is 5.73 Å². The van der Waals surface area contributed by atoms with Crippen LogP contribution in [0, 0.1) is 0 Å². The molecule has 3 heteroatoms. The topological polar surface area (TPSA) is 51.8 Å². The van der Waals surface area contributed by atoms with Crippen molar-refractivity contribution in [3.05, 3.63) is 72.2 Å². The van der Waals surface area contributed by atoms with Crippen LogP contribution in [0.25, 0.3) is 10.9 Å². The van der Waals surface area contributed by atoms with Crippen LogP contribution in [0.15, 0.2) is 61.1 Å². The molecule has 0 spiro atoms. The summed E-state index contributed by atoms with van der Waals surface area (Å²) in [6.45, 7) is 0. The summed E-state index contributed by atoms with van der Waals surface area (Å²) in [7, 11) is 0. The summed E-state index contributed by atoms with van der Waals surface area (Å²) >= 11 is 0. The summed E-state index contributed by atoms with van der Waals surface area (Å²) in [5.41, 5.74) is 9.75. The van der Waals surface area contributed by atoms with Crippen LogP contribution >= 0.6 is 0 Å². The van der Waals surface area contributed by atoms with E-state index in [1.165, 1.54) is 5.56 Å². The van der Waals surface area contributed by atoms with Gasteiger partial charge < -0.3 is 5.73 Å². The van der Waals surface area contributed by atoms with Gasteiger partial charge in [-0.3, -0.25) is 9.97 Å². The van der Waals surface area contributed by atoms with E-state index in [9.17, 15) is 0 Å². The Kier molecular flexibility index (Phi) is 3.70. The zero-order valence-electron chi connectivity index (χ0n) is 11.2. The Morgan fingerprint density at radius 1 is 0.950 bits per heavy atom. The molecule has 20 heavy (non-hydrogen) atoms. The molecule has 0 aliphatic heterocycles. The predicted octanol–water partition coefficient (Wildman–Crippen LogP) is 3.26. The first kappa shape index (κ1) is 12.8. The lowest BCUT2D eigenvalue weighted by molar-refractivity contribution is 0.654. The number of fused-ring (bicyclic) bond motifs is 1. The van der Waals surface area contributed by atoms with Crippen molar-refractivity contribution in [1.29, 1.82) is 0 Å². The maximum Gasteiger partial charge on any atom is 0.0749 e. The minimum atomic E-state index is 0.00163. The number of hydrogen-bond donors (Lipinski definition) is 1. The molecule has 2 aromatic heterocycles. The average molecular weight is 263 g/mol. The summed E-state index contributed by atoms with van der Waals surface area (Å²) in [5, 5.41) is 1.14. The van der Waals surface area contributed by atoms with E-state index in [0.29, 0.717) is 0 Å². The first-order valence-corrected chi connectivity index (χ1v) is 6.83. The Morgan fingerprint density at radius 3 is 2.60 bits per heavy atom. The highest BCUT2D eigenvalue weighted by Crippen LogP contribution is 2.23. The van der Waals surface area contributed by atoms with Crippen molar-refractivity contribution in [3.63, 3.8) is 0 Å². The quantitative estimate of drug-likeness (QED) is 0.786. The lowest BCUT2D eigenvalue weighted by Crippen LogP contribution is -2.12. The second-order valence-electron chi connectivity index (χ2n) is 4.92. The standard InChI is InChI=1S/C17H17N3/c18-16(7-6-13-8-11-19-12-9-13)15-5-1-3-14-4-2-10-20-17(14)15/h1-5,8-12,16H,6-7,18H2. The molecule has 0 fully saturated rings. The fraction of sp³-hybridized carbons (Fsp3) is 0.176. The van der Waals surface area contributed by atoms with Gasteiger partial charge in [0, 0.05) is 30.0 Å². The van der Waals surface area contributed by atoms with Gasteiger partial charge in [-0.05, 0) is 42.2 Å². The predicted molar refractivity (Wildman–Crippen MR) is 81.2 cm³/mol. The number of pyridine rings is 2. The maximum atomic E-state index is 6.35. The summed E-state index contributed by atoms with van der Waals surface area (Å²) in [4.78, 5) is 8.50. The maximum absolute atomic E-state index is 6.35. The summed E-state index contributed by atoms with van der Waals surface area (Å²) in [5.74, 6) is 0. The number of nitrogens with zero attached hydrogens (tertiary/aromatic N) is 2. The molecule has 1 aromatic carbocycles. The van der Waals surface area contributed by atoms with Crippen LogP contribution in [0.1, 0.15) is 23.6 Å². The zero-order valence-corrected chi connectivity index (χ0v) is 11.2. The highest BCUT2D eigenvalue weighted by Gasteiger charge is 2.10. The number of rotatable bonds is 4. The van der Waals surface area contributed by atoms with Crippen molar-refractivity contribution in [2.24, 2.45) is 5.73 Å². The Balaban J connectivity index is 1.80. The van der Waals surface area contributed by atoms with Crippen molar-refractivity contribution in [1.82, 2.24) is 9.97 Å². The Hall–Kier alpha value is -2.26. The average Bonchev–Trinajstić information content (AvgIpc) is 2.53. The second-order valence-corrected chi connectivity index (χ2v) is 4.92. The van der Waals surface area contributed by atoms with Crippen LogP contribution in [-0.2, 0) is 6.42 Å². The van der Waals surface area contributed by atoms with E-state index < -0.39 is 0 Å². The fourth-order valence-corrected chi connectivity index (χ4v) is 2.45. The Labute approximate surface area is 118 Å². The first-order valence-electron chi connectivity index (χ1n) is 6.83. The van der Waals surface area contributed by atoms with E-state index >= 15 is 0 Å². The van der Waals surface area contributed by atoms with Crippen LogP contribution in [0.4, 0.5) is 0 Å². The molecule has 3 nitrogen and oxygen atoms in total. The van der Waals surface area contributed by atoms with Crippen LogP contribution in [0.2, 0.25) is 0 Å². The van der Waals surface area contributed by atoms with Gasteiger partial charge in [0.1, 0.15) is 0 Å². The van der Waals surface area contributed by atoms with E-state index in [1.54, 1.807) is 0 Å².